The molecule has 0 aliphatic carbocycles. The molecular weight excluding hydrogens is 205 g/mol. The molecule has 0 amide bonds. The molecule has 9 heteroatoms. The second-order valence-electron chi connectivity index (χ2n) is 1.47. The van der Waals surface area contributed by atoms with Crippen LogP contribution >= 0.6 is 27.6 Å². The fourth-order valence-electron chi connectivity index (χ4n) is 0.240. The van der Waals surface area contributed by atoms with Crippen molar-refractivity contribution in [2.45, 2.75) is 0 Å². The van der Waals surface area contributed by atoms with Gasteiger partial charge in [0.2, 0.25) is 0 Å². The van der Waals surface area contributed by atoms with Crippen LogP contribution in [0.4, 0.5) is 0 Å². The molecule has 0 aliphatic heterocycles. The van der Waals surface area contributed by atoms with Gasteiger partial charge in [-0.25, -0.2) is 0 Å². The van der Waals surface area contributed by atoms with Gasteiger partial charge in [0.1, 0.15) is 0 Å². The van der Waals surface area contributed by atoms with Crippen LogP contribution in [0.25, 0.3) is 0 Å². The van der Waals surface area contributed by atoms with E-state index in [1.54, 1.807) is 0 Å². The average molecular weight is 212 g/mol. The Kier molecular flexibility index (Phi) is 5.06. The van der Waals surface area contributed by atoms with E-state index in [0.717, 1.165) is 0 Å². The highest BCUT2D eigenvalue weighted by atomic mass is 35.5. The zero-order chi connectivity index (χ0) is 7.71. The molecule has 0 aromatic carbocycles. The lowest BCUT2D eigenvalue weighted by Crippen LogP contribution is -1.88. The third-order valence-corrected chi connectivity index (χ3v) is 3.32. The van der Waals surface area contributed by atoms with E-state index in [2.05, 4.69) is 0 Å². The van der Waals surface area contributed by atoms with Gasteiger partial charge in [-0.3, -0.25) is 9.13 Å². The van der Waals surface area contributed by atoms with E-state index >= 15 is 0 Å². The third-order valence-electron chi connectivity index (χ3n) is 0.368. The van der Waals surface area contributed by atoms with Gasteiger partial charge in [-0.15, -0.1) is 12.4 Å². The van der Waals surface area contributed by atoms with Crippen LogP contribution in [0.1, 0.15) is 0 Å². The summed E-state index contributed by atoms with van der Waals surface area (Å²) in [6.45, 7) is 0. The Bertz CT molecular complexity index is 156. The molecule has 0 aliphatic rings. The molecule has 0 saturated heterocycles. The van der Waals surface area contributed by atoms with E-state index < -0.39 is 21.1 Å². The van der Waals surface area contributed by atoms with Gasteiger partial charge >= 0.3 is 15.2 Å². The van der Waals surface area contributed by atoms with Gasteiger partial charge < -0.3 is 19.6 Å². The molecule has 0 bridgehead atoms. The summed E-state index contributed by atoms with van der Waals surface area (Å²) in [5.74, 6) is -1.38. The topological polar surface area (TPSA) is 115 Å². The molecular formula is CH7ClO6P2. The maximum atomic E-state index is 9.85. The Balaban J connectivity index is 0. The SMILES string of the molecule is Cl.O=P(O)(O)CP(=O)(O)O. The Morgan fingerprint density at radius 3 is 1.10 bits per heavy atom. The maximum absolute atomic E-state index is 9.85. The Morgan fingerprint density at radius 1 is 0.900 bits per heavy atom. The van der Waals surface area contributed by atoms with Gasteiger partial charge in [0.05, 0.1) is 0 Å². The molecule has 0 unspecified atom stereocenters. The second kappa shape index (κ2) is 3.83. The molecule has 64 valence electrons. The highest BCUT2D eigenvalue weighted by Crippen LogP contribution is 2.51. The lowest BCUT2D eigenvalue weighted by Gasteiger charge is -2.03. The van der Waals surface area contributed by atoms with Crippen molar-refractivity contribution < 1.29 is 28.7 Å². The van der Waals surface area contributed by atoms with Crippen LogP contribution < -0.4 is 0 Å². The molecule has 0 radical (unpaired) electrons. The molecule has 6 nitrogen and oxygen atoms in total. The smallest absolute Gasteiger partial charge is 0.324 e. The summed E-state index contributed by atoms with van der Waals surface area (Å²) < 4.78 is 19.7. The summed E-state index contributed by atoms with van der Waals surface area (Å²) in [6.07, 6.45) is 0. The summed E-state index contributed by atoms with van der Waals surface area (Å²) in [5.41, 5.74) is 0. The van der Waals surface area contributed by atoms with E-state index in [9.17, 15) is 9.13 Å². The van der Waals surface area contributed by atoms with E-state index in [0.29, 0.717) is 0 Å². The standard InChI is InChI=1S/CH6O6P2.ClH/c2-8(3,4)1-9(5,6)7;/h1H2,(H2,2,3,4)(H2,5,6,7);1H. The van der Waals surface area contributed by atoms with Crippen molar-refractivity contribution >= 4 is 27.6 Å². The van der Waals surface area contributed by atoms with Crippen molar-refractivity contribution in [3.63, 3.8) is 0 Å². The fraction of sp³-hybridized carbons (Fsp3) is 1.00. The van der Waals surface area contributed by atoms with Crippen LogP contribution in [0, 0.1) is 0 Å². The average Bonchev–Trinajstić information content (AvgIpc) is 1.14. The van der Waals surface area contributed by atoms with Crippen LogP contribution in [-0.4, -0.2) is 25.5 Å². The maximum Gasteiger partial charge on any atom is 0.337 e. The highest BCUT2D eigenvalue weighted by molar-refractivity contribution is 7.69. The predicted molar refractivity (Wildman–Crippen MR) is 36.2 cm³/mol. The van der Waals surface area contributed by atoms with Gasteiger partial charge in [0, 0.05) is 0 Å². The second-order valence-corrected chi connectivity index (χ2v) is 5.26. The normalized spacial score (nSPS) is 12.4. The summed E-state index contributed by atoms with van der Waals surface area (Å²) in [6, 6.07) is 0. The number of hydrogen-bond acceptors (Lipinski definition) is 2. The highest BCUT2D eigenvalue weighted by Gasteiger charge is 2.26. The van der Waals surface area contributed by atoms with E-state index in [1.807, 2.05) is 0 Å². The Labute approximate surface area is 63.0 Å². The van der Waals surface area contributed by atoms with Gasteiger partial charge in [-0.1, -0.05) is 0 Å². The number of halogens is 1. The zero-order valence-electron chi connectivity index (χ0n) is 4.62. The molecule has 0 aromatic heterocycles. The molecule has 0 spiro atoms. The zero-order valence-corrected chi connectivity index (χ0v) is 7.22. The van der Waals surface area contributed by atoms with Crippen LogP contribution in [0.2, 0.25) is 0 Å². The molecule has 10 heavy (non-hydrogen) atoms. The lowest BCUT2D eigenvalue weighted by atomic mass is 11.9. The van der Waals surface area contributed by atoms with Crippen molar-refractivity contribution in [2.24, 2.45) is 0 Å². The van der Waals surface area contributed by atoms with Gasteiger partial charge in [0.15, 0.2) is 5.90 Å². The van der Waals surface area contributed by atoms with Crippen molar-refractivity contribution in [2.75, 3.05) is 5.90 Å². The van der Waals surface area contributed by atoms with Gasteiger partial charge in [-0.2, -0.15) is 0 Å². The van der Waals surface area contributed by atoms with Crippen molar-refractivity contribution in [3.05, 3.63) is 0 Å². The quantitative estimate of drug-likeness (QED) is 0.468. The van der Waals surface area contributed by atoms with Crippen LogP contribution in [0.15, 0.2) is 0 Å². The fourth-order valence-corrected chi connectivity index (χ4v) is 2.16. The molecule has 0 heterocycles. The Morgan fingerprint density at radius 2 is 1.10 bits per heavy atom. The van der Waals surface area contributed by atoms with Crippen molar-refractivity contribution in [1.82, 2.24) is 0 Å². The summed E-state index contributed by atoms with van der Waals surface area (Å²) in [4.78, 5) is 31.9. The monoisotopic (exact) mass is 212 g/mol. The predicted octanol–water partition coefficient (Wildman–Crippen LogP) is -0.279. The van der Waals surface area contributed by atoms with Gasteiger partial charge in [0.25, 0.3) is 0 Å². The van der Waals surface area contributed by atoms with E-state index in [4.69, 9.17) is 19.6 Å². The molecule has 0 rings (SSSR count). The van der Waals surface area contributed by atoms with Gasteiger partial charge in [-0.05, 0) is 0 Å². The summed E-state index contributed by atoms with van der Waals surface area (Å²) in [7, 11) is -9.10. The van der Waals surface area contributed by atoms with Crippen LogP contribution in [0.3, 0.4) is 0 Å². The lowest BCUT2D eigenvalue weighted by molar-refractivity contribution is 0.357. The molecule has 0 fully saturated rings. The first kappa shape index (κ1) is 13.2. The van der Waals surface area contributed by atoms with Crippen molar-refractivity contribution in [3.8, 4) is 0 Å². The van der Waals surface area contributed by atoms with Crippen LogP contribution in [-0.2, 0) is 9.13 Å². The first-order valence-corrected chi connectivity index (χ1v) is 5.39. The minimum Gasteiger partial charge on any atom is -0.324 e. The number of hydrogen-bond donors (Lipinski definition) is 4. The Hall–Kier alpha value is 0.590. The molecule has 0 saturated carbocycles. The number of rotatable bonds is 2. The van der Waals surface area contributed by atoms with Crippen LogP contribution in [0.5, 0.6) is 0 Å². The first-order valence-electron chi connectivity index (χ1n) is 1.80. The van der Waals surface area contributed by atoms with E-state index in [1.165, 1.54) is 0 Å². The minimum atomic E-state index is -4.55. The largest absolute Gasteiger partial charge is 0.337 e. The first-order chi connectivity index (χ1) is 3.71. The van der Waals surface area contributed by atoms with E-state index in [-0.39, 0.29) is 12.4 Å². The molecule has 0 atom stereocenters. The molecule has 4 N–H and O–H groups in total. The minimum absolute atomic E-state index is 0. The third kappa shape index (κ3) is 11.4. The molecule has 0 aromatic rings. The summed E-state index contributed by atoms with van der Waals surface area (Å²) >= 11 is 0. The summed E-state index contributed by atoms with van der Waals surface area (Å²) in [5, 5.41) is 0. The van der Waals surface area contributed by atoms with Crippen molar-refractivity contribution in [1.29, 1.82) is 0 Å².